The summed E-state index contributed by atoms with van der Waals surface area (Å²) < 4.78 is 9.02. The number of hydrogen-bond acceptors (Lipinski definition) is 11. The minimum Gasteiger partial charge on any atom is -0.391 e. The van der Waals surface area contributed by atoms with Crippen LogP contribution < -0.4 is 0 Å². The first-order chi connectivity index (χ1) is 10.1. The molecular formula is C11H22O11. The molecule has 0 saturated carbocycles. The predicted octanol–water partition coefficient (Wildman–Crippen LogP) is -5.80. The second-order valence-corrected chi connectivity index (χ2v) is 5.09. The molecule has 8 atom stereocenters. The van der Waals surface area contributed by atoms with Crippen molar-refractivity contribution in [3.05, 3.63) is 0 Å². The topological polar surface area (TPSA) is 201 Å². The average molecular weight is 330 g/mol. The first-order valence-corrected chi connectivity index (χ1v) is 6.49. The molecule has 2 aliphatic heterocycles. The zero-order chi connectivity index (χ0) is 17.1. The van der Waals surface area contributed by atoms with Gasteiger partial charge >= 0.3 is 0 Å². The fourth-order valence-corrected chi connectivity index (χ4v) is 1.82. The van der Waals surface area contributed by atoms with Gasteiger partial charge in [-0.15, -0.1) is 0 Å². The third-order valence-electron chi connectivity index (χ3n) is 3.38. The summed E-state index contributed by atoms with van der Waals surface area (Å²) in [7, 11) is 0. The van der Waals surface area contributed by atoms with Crippen molar-refractivity contribution in [1.82, 2.24) is 0 Å². The van der Waals surface area contributed by atoms with Crippen molar-refractivity contribution in [1.29, 1.82) is 0 Å². The van der Waals surface area contributed by atoms with E-state index in [1.807, 2.05) is 0 Å². The third kappa shape index (κ3) is 4.31. The Bertz CT molecular complexity index is 328. The smallest absolute Gasteiger partial charge is 0.218 e. The van der Waals surface area contributed by atoms with E-state index in [1.54, 1.807) is 0 Å². The maximum atomic E-state index is 9.24. The van der Waals surface area contributed by atoms with Crippen molar-refractivity contribution < 1.29 is 55.4 Å². The highest BCUT2D eigenvalue weighted by Gasteiger charge is 2.47. The van der Waals surface area contributed by atoms with Crippen LogP contribution in [0.15, 0.2) is 0 Å². The predicted molar refractivity (Wildman–Crippen MR) is 66.0 cm³/mol. The normalized spacial score (nSPS) is 49.2. The molecule has 2 heterocycles. The van der Waals surface area contributed by atoms with Gasteiger partial charge in [0, 0.05) is 0 Å². The molecule has 22 heavy (non-hydrogen) atoms. The first kappa shape index (κ1) is 19.6. The summed E-state index contributed by atoms with van der Waals surface area (Å²) in [5.41, 5.74) is 0. The Kier molecular flexibility index (Phi) is 7.04. The Hall–Kier alpha value is -0.440. The van der Waals surface area contributed by atoms with Gasteiger partial charge in [0.2, 0.25) is 5.79 Å². The van der Waals surface area contributed by atoms with Gasteiger partial charge in [0.15, 0.2) is 6.29 Å². The maximum absolute atomic E-state index is 9.24. The van der Waals surface area contributed by atoms with Crippen molar-refractivity contribution in [3.63, 3.8) is 0 Å². The second kappa shape index (κ2) is 7.90. The molecule has 0 aliphatic carbocycles. The van der Waals surface area contributed by atoms with Crippen molar-refractivity contribution in [2.24, 2.45) is 0 Å². The molecule has 2 fully saturated rings. The number of rotatable bonds is 1. The number of hydrogen-bond donors (Lipinski definition) is 9. The summed E-state index contributed by atoms with van der Waals surface area (Å²) in [5, 5.41) is 80.2. The Morgan fingerprint density at radius 2 is 1.36 bits per heavy atom. The molecule has 2 unspecified atom stereocenters. The van der Waals surface area contributed by atoms with Gasteiger partial charge in [-0.25, -0.2) is 0 Å². The maximum Gasteiger partial charge on any atom is 0.218 e. The Balaban J connectivity index is 0.000000224. The summed E-state index contributed by atoms with van der Waals surface area (Å²) in [5.74, 6) is -2.17. The van der Waals surface area contributed by atoms with Gasteiger partial charge in [-0.2, -0.15) is 0 Å². The van der Waals surface area contributed by atoms with E-state index in [4.69, 9.17) is 40.9 Å². The number of aliphatic hydroxyl groups excluding tert-OH is 8. The Labute approximate surface area is 125 Å². The van der Waals surface area contributed by atoms with Gasteiger partial charge < -0.3 is 55.4 Å². The largest absolute Gasteiger partial charge is 0.391 e. The highest BCUT2D eigenvalue weighted by molar-refractivity contribution is 4.90. The molecule has 0 aromatic rings. The van der Waals surface area contributed by atoms with E-state index in [-0.39, 0.29) is 13.2 Å². The van der Waals surface area contributed by atoms with Crippen molar-refractivity contribution in [3.8, 4) is 0 Å². The zero-order valence-corrected chi connectivity index (χ0v) is 11.5. The molecule has 132 valence electrons. The van der Waals surface area contributed by atoms with Crippen LogP contribution >= 0.6 is 0 Å². The van der Waals surface area contributed by atoms with Crippen LogP contribution in [0.4, 0.5) is 0 Å². The van der Waals surface area contributed by atoms with Crippen LogP contribution in [0.3, 0.4) is 0 Å². The molecule has 0 radical (unpaired) electrons. The van der Waals surface area contributed by atoms with E-state index in [1.165, 1.54) is 0 Å². The molecule has 0 aromatic carbocycles. The van der Waals surface area contributed by atoms with Gasteiger partial charge in [-0.1, -0.05) is 0 Å². The van der Waals surface area contributed by atoms with Crippen LogP contribution in [-0.4, -0.2) is 114 Å². The lowest BCUT2D eigenvalue weighted by molar-refractivity contribution is -0.331. The first-order valence-electron chi connectivity index (χ1n) is 6.49. The monoisotopic (exact) mass is 330 g/mol. The molecule has 0 bridgehead atoms. The van der Waals surface area contributed by atoms with E-state index in [9.17, 15) is 5.11 Å². The van der Waals surface area contributed by atoms with Gasteiger partial charge in [-0.05, 0) is 0 Å². The van der Waals surface area contributed by atoms with Crippen LogP contribution in [0.2, 0.25) is 0 Å². The lowest BCUT2D eigenvalue weighted by atomic mass is 9.98. The SMILES string of the molecule is OC1OC[C@@H](O)[C@H](O)[C@H]1O.OCC1(O)OC[C@@H](O)[C@@H](O)[C@@H]1O. The van der Waals surface area contributed by atoms with Crippen LogP contribution in [0.25, 0.3) is 0 Å². The Morgan fingerprint density at radius 1 is 0.818 bits per heavy atom. The molecule has 0 amide bonds. The van der Waals surface area contributed by atoms with E-state index in [0.717, 1.165) is 0 Å². The molecule has 9 N–H and O–H groups in total. The molecular weight excluding hydrogens is 308 g/mol. The van der Waals surface area contributed by atoms with Crippen LogP contribution in [0.5, 0.6) is 0 Å². The number of ether oxygens (including phenoxy) is 2. The molecule has 2 rings (SSSR count). The molecule has 11 heteroatoms. The van der Waals surface area contributed by atoms with Crippen molar-refractivity contribution in [2.75, 3.05) is 19.8 Å². The van der Waals surface area contributed by atoms with Crippen molar-refractivity contribution in [2.45, 2.75) is 48.7 Å². The molecule has 0 spiro atoms. The van der Waals surface area contributed by atoms with Crippen LogP contribution in [0.1, 0.15) is 0 Å². The van der Waals surface area contributed by atoms with E-state index >= 15 is 0 Å². The van der Waals surface area contributed by atoms with E-state index in [2.05, 4.69) is 9.47 Å². The average Bonchev–Trinajstić information content (AvgIpc) is 2.51. The van der Waals surface area contributed by atoms with E-state index < -0.39 is 55.3 Å². The molecule has 11 nitrogen and oxygen atoms in total. The summed E-state index contributed by atoms with van der Waals surface area (Å²) in [6.07, 6.45) is -9.68. The fraction of sp³-hybridized carbons (Fsp3) is 1.00. The molecule has 2 saturated heterocycles. The standard InChI is InChI=1S/C6H12O6.C5H10O5/c7-2-6(11)5(10)4(9)3(8)1-12-6;6-2-1-10-5(9)4(8)3(2)7/h3-5,7-11H,1-2H2;2-9H,1H2/t3-,4-,5+,6?;2-,3+,4-,5?/m11/s1. The quantitative estimate of drug-likeness (QED) is 0.222. The highest BCUT2D eigenvalue weighted by Crippen LogP contribution is 2.22. The van der Waals surface area contributed by atoms with Crippen LogP contribution in [-0.2, 0) is 9.47 Å². The van der Waals surface area contributed by atoms with Gasteiger partial charge in [0.1, 0.15) is 36.6 Å². The lowest BCUT2D eigenvalue weighted by Gasteiger charge is -2.40. The summed E-state index contributed by atoms with van der Waals surface area (Å²) >= 11 is 0. The van der Waals surface area contributed by atoms with E-state index in [0.29, 0.717) is 0 Å². The summed E-state index contributed by atoms with van der Waals surface area (Å²) in [4.78, 5) is 0. The summed E-state index contributed by atoms with van der Waals surface area (Å²) in [6.45, 7) is -1.31. The minimum atomic E-state index is -2.17. The molecule has 0 aromatic heterocycles. The summed E-state index contributed by atoms with van der Waals surface area (Å²) in [6, 6.07) is 0. The van der Waals surface area contributed by atoms with Gasteiger partial charge in [-0.3, -0.25) is 0 Å². The van der Waals surface area contributed by atoms with Crippen molar-refractivity contribution >= 4 is 0 Å². The second-order valence-electron chi connectivity index (χ2n) is 5.09. The Morgan fingerprint density at radius 3 is 1.86 bits per heavy atom. The fourth-order valence-electron chi connectivity index (χ4n) is 1.82. The minimum absolute atomic E-state index is 0.153. The zero-order valence-electron chi connectivity index (χ0n) is 11.5. The molecule has 2 aliphatic rings. The van der Waals surface area contributed by atoms with Gasteiger partial charge in [0.25, 0.3) is 0 Å². The lowest BCUT2D eigenvalue weighted by Crippen LogP contribution is -2.62. The number of aliphatic hydroxyl groups is 9. The highest BCUT2D eigenvalue weighted by atomic mass is 16.7. The van der Waals surface area contributed by atoms with Crippen LogP contribution in [0, 0.1) is 0 Å². The third-order valence-corrected chi connectivity index (χ3v) is 3.38. The van der Waals surface area contributed by atoms with Gasteiger partial charge in [0.05, 0.1) is 19.8 Å².